The molecule has 0 atom stereocenters. The van der Waals surface area contributed by atoms with Crippen LogP contribution < -0.4 is 10.1 Å². The molecule has 2 aromatic carbocycles. The fraction of sp³-hybridized carbons (Fsp3) is 0.296. The molecule has 3 aromatic rings. The Kier molecular flexibility index (Phi) is 10.3. The van der Waals surface area contributed by atoms with E-state index in [0.717, 1.165) is 39.1 Å². The number of nitrogens with one attached hydrogen (secondary N) is 1. The fourth-order valence-corrected chi connectivity index (χ4v) is 4.39. The fourth-order valence-electron chi connectivity index (χ4n) is 3.29. The van der Waals surface area contributed by atoms with Gasteiger partial charge in [0.25, 0.3) is 5.91 Å². The smallest absolute Gasteiger partial charge is 0.268 e. The van der Waals surface area contributed by atoms with Crippen molar-refractivity contribution in [3.8, 4) is 11.8 Å². The highest BCUT2D eigenvalue weighted by Crippen LogP contribution is 2.23. The quantitative estimate of drug-likeness (QED) is 0.148. The first-order valence-corrected chi connectivity index (χ1v) is 13.0. The molecule has 0 aliphatic heterocycles. The van der Waals surface area contributed by atoms with Gasteiger partial charge in [-0.3, -0.25) is 10.1 Å². The van der Waals surface area contributed by atoms with Crippen LogP contribution in [0.4, 0.5) is 5.13 Å². The number of carbonyl (C=O) groups excluding carboxylic acids is 1. The highest BCUT2D eigenvalue weighted by Gasteiger charge is 2.12. The molecule has 0 saturated heterocycles. The molecule has 0 aliphatic carbocycles. The van der Waals surface area contributed by atoms with Gasteiger partial charge in [-0.2, -0.15) is 5.26 Å². The standard InChI is InChI=1S/C27H28BrN3O2S/c1-2-3-4-5-6-15-33-24-13-9-20(10-14-24)16-22(18-29)26(32)31-27-30-19-25(34-27)17-21-7-11-23(28)12-8-21/h7-14,16,19H,2-6,15,17H2,1H3,(H,30,31,32)/b22-16+. The van der Waals surface area contributed by atoms with E-state index in [4.69, 9.17) is 4.74 Å². The minimum absolute atomic E-state index is 0.0225. The summed E-state index contributed by atoms with van der Waals surface area (Å²) in [4.78, 5) is 17.9. The summed E-state index contributed by atoms with van der Waals surface area (Å²) in [5.74, 6) is 0.316. The average molecular weight is 539 g/mol. The van der Waals surface area contributed by atoms with Crippen LogP contribution >= 0.6 is 27.3 Å². The van der Waals surface area contributed by atoms with Gasteiger partial charge in [0.1, 0.15) is 17.4 Å². The first-order valence-electron chi connectivity index (χ1n) is 11.4. The van der Waals surface area contributed by atoms with Crippen LogP contribution in [0, 0.1) is 11.3 Å². The summed E-state index contributed by atoms with van der Waals surface area (Å²) >= 11 is 4.84. The number of thiazole rings is 1. The lowest BCUT2D eigenvalue weighted by Crippen LogP contribution is -2.13. The monoisotopic (exact) mass is 537 g/mol. The van der Waals surface area contributed by atoms with Gasteiger partial charge in [0, 0.05) is 22.0 Å². The molecule has 5 nitrogen and oxygen atoms in total. The second kappa shape index (κ2) is 13.7. The third-order valence-corrected chi connectivity index (χ3v) is 6.58. The van der Waals surface area contributed by atoms with E-state index < -0.39 is 5.91 Å². The average Bonchev–Trinajstić information content (AvgIpc) is 3.28. The Morgan fingerprint density at radius 1 is 1.12 bits per heavy atom. The third kappa shape index (κ3) is 8.44. The number of nitrogens with zero attached hydrogens (tertiary/aromatic N) is 2. The largest absolute Gasteiger partial charge is 0.494 e. The Labute approximate surface area is 213 Å². The SMILES string of the molecule is CCCCCCCOc1ccc(/C=C(\C#N)C(=O)Nc2ncc(Cc3ccc(Br)cc3)s2)cc1. The van der Waals surface area contributed by atoms with Crippen LogP contribution in [0.3, 0.4) is 0 Å². The van der Waals surface area contributed by atoms with Gasteiger partial charge < -0.3 is 4.74 Å². The van der Waals surface area contributed by atoms with E-state index in [2.05, 4.69) is 33.2 Å². The maximum atomic E-state index is 12.6. The van der Waals surface area contributed by atoms with Crippen molar-refractivity contribution in [1.82, 2.24) is 4.98 Å². The van der Waals surface area contributed by atoms with E-state index in [1.165, 1.54) is 37.0 Å². The molecule has 0 bridgehead atoms. The molecule has 0 saturated carbocycles. The van der Waals surface area contributed by atoms with E-state index in [-0.39, 0.29) is 5.57 Å². The second-order valence-electron chi connectivity index (χ2n) is 7.89. The molecule has 1 amide bonds. The number of unbranched alkanes of at least 4 members (excludes halogenated alkanes) is 4. The summed E-state index contributed by atoms with van der Waals surface area (Å²) in [5, 5.41) is 12.7. The number of benzene rings is 2. The zero-order valence-corrected chi connectivity index (χ0v) is 21.6. The molecule has 0 aliphatic rings. The molecule has 0 unspecified atom stereocenters. The Morgan fingerprint density at radius 3 is 2.56 bits per heavy atom. The van der Waals surface area contributed by atoms with Gasteiger partial charge in [0.2, 0.25) is 0 Å². The molecular formula is C27H28BrN3O2S. The summed E-state index contributed by atoms with van der Waals surface area (Å²) in [6.45, 7) is 2.90. The van der Waals surface area contributed by atoms with Crippen molar-refractivity contribution in [2.75, 3.05) is 11.9 Å². The first kappa shape index (κ1) is 25.7. The Hall–Kier alpha value is -2.95. The number of hydrogen-bond donors (Lipinski definition) is 1. The molecule has 0 fully saturated rings. The van der Waals surface area contributed by atoms with Crippen LogP contribution in [0.1, 0.15) is 55.0 Å². The molecule has 0 radical (unpaired) electrons. The van der Waals surface area contributed by atoms with Crippen LogP contribution in [0.5, 0.6) is 5.75 Å². The molecule has 176 valence electrons. The Morgan fingerprint density at radius 2 is 1.85 bits per heavy atom. The first-order chi connectivity index (χ1) is 16.6. The van der Waals surface area contributed by atoms with Gasteiger partial charge >= 0.3 is 0 Å². The van der Waals surface area contributed by atoms with Crippen molar-refractivity contribution in [1.29, 1.82) is 5.26 Å². The highest BCUT2D eigenvalue weighted by atomic mass is 79.9. The lowest BCUT2D eigenvalue weighted by atomic mass is 10.1. The molecule has 34 heavy (non-hydrogen) atoms. The Bertz CT molecular complexity index is 1130. The van der Waals surface area contributed by atoms with Crippen molar-refractivity contribution in [3.63, 3.8) is 0 Å². The van der Waals surface area contributed by atoms with Crippen LogP contribution in [0.2, 0.25) is 0 Å². The summed E-state index contributed by atoms with van der Waals surface area (Å²) in [5.41, 5.74) is 1.94. The predicted molar refractivity (Wildman–Crippen MR) is 142 cm³/mol. The van der Waals surface area contributed by atoms with Gasteiger partial charge in [-0.25, -0.2) is 4.98 Å². The maximum absolute atomic E-state index is 12.6. The highest BCUT2D eigenvalue weighted by molar-refractivity contribution is 9.10. The van der Waals surface area contributed by atoms with Crippen LogP contribution in [0.25, 0.3) is 6.08 Å². The molecular weight excluding hydrogens is 510 g/mol. The summed E-state index contributed by atoms with van der Waals surface area (Å²) in [6, 6.07) is 17.5. The van der Waals surface area contributed by atoms with E-state index in [0.29, 0.717) is 11.7 Å². The normalized spacial score (nSPS) is 11.1. The van der Waals surface area contributed by atoms with Crippen molar-refractivity contribution < 1.29 is 9.53 Å². The van der Waals surface area contributed by atoms with Gasteiger partial charge in [0.05, 0.1) is 6.61 Å². The minimum atomic E-state index is -0.473. The lowest BCUT2D eigenvalue weighted by molar-refractivity contribution is -0.112. The van der Waals surface area contributed by atoms with Crippen LogP contribution in [-0.2, 0) is 11.2 Å². The lowest BCUT2D eigenvalue weighted by Gasteiger charge is -2.06. The topological polar surface area (TPSA) is 75.0 Å². The molecule has 1 N–H and O–H groups in total. The van der Waals surface area contributed by atoms with E-state index in [9.17, 15) is 10.1 Å². The minimum Gasteiger partial charge on any atom is -0.494 e. The molecule has 1 heterocycles. The van der Waals surface area contributed by atoms with Crippen molar-refractivity contribution in [2.45, 2.75) is 45.4 Å². The number of anilines is 1. The van der Waals surface area contributed by atoms with E-state index in [1.807, 2.05) is 54.6 Å². The van der Waals surface area contributed by atoms with Crippen molar-refractivity contribution in [2.24, 2.45) is 0 Å². The second-order valence-corrected chi connectivity index (χ2v) is 9.92. The van der Waals surface area contributed by atoms with Gasteiger partial charge in [-0.1, -0.05) is 72.8 Å². The number of amides is 1. The number of carbonyl (C=O) groups is 1. The number of hydrogen-bond acceptors (Lipinski definition) is 5. The van der Waals surface area contributed by atoms with E-state index >= 15 is 0 Å². The van der Waals surface area contributed by atoms with Gasteiger partial charge in [-0.05, 0) is 47.9 Å². The molecule has 1 aromatic heterocycles. The number of ether oxygens (including phenoxy) is 1. The van der Waals surface area contributed by atoms with E-state index in [1.54, 1.807) is 12.3 Å². The number of halogens is 1. The van der Waals surface area contributed by atoms with Crippen molar-refractivity contribution >= 4 is 44.4 Å². The molecule has 0 spiro atoms. The number of rotatable bonds is 12. The zero-order valence-electron chi connectivity index (χ0n) is 19.2. The Balaban J connectivity index is 1.53. The summed E-state index contributed by atoms with van der Waals surface area (Å²) in [7, 11) is 0. The zero-order chi connectivity index (χ0) is 24.2. The molecule has 3 rings (SSSR count). The number of nitriles is 1. The van der Waals surface area contributed by atoms with Gasteiger partial charge in [-0.15, -0.1) is 11.3 Å². The molecule has 7 heteroatoms. The van der Waals surface area contributed by atoms with Crippen molar-refractivity contribution in [3.05, 3.63) is 80.8 Å². The van der Waals surface area contributed by atoms with Crippen LogP contribution in [-0.4, -0.2) is 17.5 Å². The maximum Gasteiger partial charge on any atom is 0.268 e. The number of aromatic nitrogens is 1. The third-order valence-electron chi connectivity index (χ3n) is 5.14. The summed E-state index contributed by atoms with van der Waals surface area (Å²) in [6.07, 6.45) is 10.0. The van der Waals surface area contributed by atoms with Gasteiger partial charge in [0.15, 0.2) is 5.13 Å². The predicted octanol–water partition coefficient (Wildman–Crippen LogP) is 7.39. The van der Waals surface area contributed by atoms with Crippen LogP contribution in [0.15, 0.2) is 64.8 Å². The summed E-state index contributed by atoms with van der Waals surface area (Å²) < 4.78 is 6.81.